The van der Waals surface area contributed by atoms with Crippen LogP contribution < -0.4 is 10.6 Å². The van der Waals surface area contributed by atoms with Gasteiger partial charge in [-0.25, -0.2) is 4.98 Å². The van der Waals surface area contributed by atoms with E-state index in [2.05, 4.69) is 34.4 Å². The van der Waals surface area contributed by atoms with Gasteiger partial charge >= 0.3 is 0 Å². The molecule has 0 aromatic carbocycles. The molecule has 1 rings (SSSR count). The number of hydrogen-bond acceptors (Lipinski definition) is 5. The Morgan fingerprint density at radius 1 is 1.20 bits per heavy atom. The van der Waals surface area contributed by atoms with Crippen LogP contribution >= 0.6 is 0 Å². The summed E-state index contributed by atoms with van der Waals surface area (Å²) in [5.74, 6) is 0.430. The second-order valence-corrected chi connectivity index (χ2v) is 4.44. The molecule has 0 bridgehead atoms. The van der Waals surface area contributed by atoms with Crippen molar-refractivity contribution in [2.45, 2.75) is 33.1 Å². The quantitative estimate of drug-likeness (QED) is 0.640. The number of nitrogens with zero attached hydrogens (tertiary/aromatic N) is 2. The molecule has 0 radical (unpaired) electrons. The van der Waals surface area contributed by atoms with Crippen LogP contribution in [0, 0.1) is 0 Å². The number of carbonyl (C=O) groups is 1. The molecule has 20 heavy (non-hydrogen) atoms. The predicted octanol–water partition coefficient (Wildman–Crippen LogP) is 1.85. The molecule has 0 saturated heterocycles. The van der Waals surface area contributed by atoms with Crippen molar-refractivity contribution in [1.29, 1.82) is 0 Å². The first-order valence-electron chi connectivity index (χ1n) is 7.19. The monoisotopic (exact) mass is 280 g/mol. The summed E-state index contributed by atoms with van der Waals surface area (Å²) in [6.45, 7) is 6.96. The predicted molar refractivity (Wildman–Crippen MR) is 78.9 cm³/mol. The van der Waals surface area contributed by atoms with E-state index in [1.165, 1.54) is 6.20 Å². The molecule has 0 fully saturated rings. The topological polar surface area (TPSA) is 76.1 Å². The first-order chi connectivity index (χ1) is 9.77. The van der Waals surface area contributed by atoms with Crippen molar-refractivity contribution < 1.29 is 9.53 Å². The molecule has 0 atom stereocenters. The Morgan fingerprint density at radius 3 is 2.80 bits per heavy atom. The molecule has 2 N–H and O–H groups in total. The Kier molecular flexibility index (Phi) is 8.30. The van der Waals surface area contributed by atoms with Gasteiger partial charge in [-0.1, -0.05) is 13.8 Å². The third kappa shape index (κ3) is 6.47. The second-order valence-electron chi connectivity index (χ2n) is 4.44. The highest BCUT2D eigenvalue weighted by Gasteiger charge is 2.07. The summed E-state index contributed by atoms with van der Waals surface area (Å²) in [5, 5.41) is 5.92. The van der Waals surface area contributed by atoms with Gasteiger partial charge in [-0.15, -0.1) is 0 Å². The van der Waals surface area contributed by atoms with Crippen LogP contribution in [0.25, 0.3) is 0 Å². The van der Waals surface area contributed by atoms with Crippen molar-refractivity contribution in [3.05, 3.63) is 18.1 Å². The third-order valence-corrected chi connectivity index (χ3v) is 2.52. The number of ether oxygens (including phenoxy) is 1. The molecule has 0 aliphatic heterocycles. The van der Waals surface area contributed by atoms with Crippen molar-refractivity contribution in [1.82, 2.24) is 15.3 Å². The van der Waals surface area contributed by atoms with Gasteiger partial charge in [0.25, 0.3) is 5.91 Å². The lowest BCUT2D eigenvalue weighted by Gasteiger charge is -2.07. The van der Waals surface area contributed by atoms with Crippen molar-refractivity contribution in [3.63, 3.8) is 0 Å². The average Bonchev–Trinajstić information content (AvgIpc) is 2.48. The zero-order chi connectivity index (χ0) is 14.6. The first-order valence-corrected chi connectivity index (χ1v) is 7.19. The van der Waals surface area contributed by atoms with Gasteiger partial charge in [-0.2, -0.15) is 0 Å². The van der Waals surface area contributed by atoms with Crippen LogP contribution in [-0.4, -0.2) is 42.2 Å². The number of aromatic nitrogens is 2. The Bertz CT molecular complexity index is 399. The van der Waals surface area contributed by atoms with Crippen molar-refractivity contribution in [2.24, 2.45) is 0 Å². The lowest BCUT2D eigenvalue weighted by Crippen LogP contribution is -2.26. The molecule has 1 heterocycles. The summed E-state index contributed by atoms with van der Waals surface area (Å²) in [4.78, 5) is 20.1. The van der Waals surface area contributed by atoms with Gasteiger partial charge < -0.3 is 15.4 Å². The molecule has 6 heteroatoms. The second kappa shape index (κ2) is 10.1. The average molecular weight is 280 g/mol. The van der Waals surface area contributed by atoms with E-state index in [4.69, 9.17) is 4.74 Å². The van der Waals surface area contributed by atoms with Gasteiger partial charge in [0.05, 0.1) is 12.4 Å². The number of nitrogens with one attached hydrogen (secondary N) is 2. The number of rotatable bonds is 10. The first kappa shape index (κ1) is 16.4. The van der Waals surface area contributed by atoms with Gasteiger partial charge in [0.1, 0.15) is 11.5 Å². The van der Waals surface area contributed by atoms with E-state index in [9.17, 15) is 4.79 Å². The van der Waals surface area contributed by atoms with E-state index >= 15 is 0 Å². The highest BCUT2D eigenvalue weighted by Crippen LogP contribution is 2.02. The van der Waals surface area contributed by atoms with E-state index < -0.39 is 0 Å². The molecular formula is C14H24N4O2. The van der Waals surface area contributed by atoms with Crippen LogP contribution in [0.1, 0.15) is 43.6 Å². The van der Waals surface area contributed by atoms with Crippen LogP contribution in [0.15, 0.2) is 12.4 Å². The Balaban J connectivity index is 2.31. The Labute approximate surface area is 120 Å². The smallest absolute Gasteiger partial charge is 0.271 e. The van der Waals surface area contributed by atoms with E-state index in [0.29, 0.717) is 24.7 Å². The van der Waals surface area contributed by atoms with Crippen LogP contribution in [0.3, 0.4) is 0 Å². The van der Waals surface area contributed by atoms with Crippen molar-refractivity contribution >= 4 is 11.7 Å². The standard InChI is InChI=1S/C14H24N4O2/c1-3-6-16-13-11-15-10-12(18-13)14(19)17-7-5-9-20-8-4-2/h10-11H,3-9H2,1-2H3,(H,16,18)(H,17,19). The molecule has 112 valence electrons. The number of carbonyl (C=O) groups excluding carboxylic acids is 1. The zero-order valence-electron chi connectivity index (χ0n) is 12.3. The van der Waals surface area contributed by atoms with Crippen LogP contribution in [0.4, 0.5) is 5.82 Å². The Hall–Kier alpha value is -1.69. The molecule has 0 aliphatic carbocycles. The minimum absolute atomic E-state index is 0.201. The maximum atomic E-state index is 11.9. The van der Waals surface area contributed by atoms with Crippen LogP contribution in [0.5, 0.6) is 0 Å². The highest BCUT2D eigenvalue weighted by molar-refractivity contribution is 5.92. The maximum Gasteiger partial charge on any atom is 0.271 e. The summed E-state index contributed by atoms with van der Waals surface area (Å²) >= 11 is 0. The SMILES string of the molecule is CCCNc1cncc(C(=O)NCCCOCCC)n1. The van der Waals surface area contributed by atoms with Crippen molar-refractivity contribution in [2.75, 3.05) is 31.6 Å². The lowest BCUT2D eigenvalue weighted by molar-refractivity contribution is 0.0936. The minimum Gasteiger partial charge on any atom is -0.381 e. The third-order valence-electron chi connectivity index (χ3n) is 2.52. The summed E-state index contributed by atoms with van der Waals surface area (Å²) in [6, 6.07) is 0. The van der Waals surface area contributed by atoms with Gasteiger partial charge in [-0.05, 0) is 19.3 Å². The van der Waals surface area contributed by atoms with Gasteiger partial charge in [-0.3, -0.25) is 9.78 Å². The lowest BCUT2D eigenvalue weighted by atomic mass is 10.4. The fourth-order valence-electron chi connectivity index (χ4n) is 1.53. The molecule has 0 unspecified atom stereocenters. The zero-order valence-corrected chi connectivity index (χ0v) is 12.3. The van der Waals surface area contributed by atoms with E-state index in [-0.39, 0.29) is 5.91 Å². The molecule has 1 aromatic rings. The summed E-state index contributed by atoms with van der Waals surface area (Å²) < 4.78 is 5.34. The van der Waals surface area contributed by atoms with Gasteiger partial charge in [0, 0.05) is 26.3 Å². The van der Waals surface area contributed by atoms with Crippen LogP contribution in [0.2, 0.25) is 0 Å². The number of amides is 1. The summed E-state index contributed by atoms with van der Waals surface area (Å²) in [5.41, 5.74) is 0.334. The fourth-order valence-corrected chi connectivity index (χ4v) is 1.53. The van der Waals surface area contributed by atoms with Gasteiger partial charge in [0.15, 0.2) is 0 Å². The number of hydrogen-bond donors (Lipinski definition) is 2. The summed E-state index contributed by atoms with van der Waals surface area (Å²) in [6.07, 6.45) is 5.90. The van der Waals surface area contributed by atoms with E-state index in [1.807, 2.05) is 0 Å². The molecule has 1 amide bonds. The molecule has 0 saturated carbocycles. The molecule has 6 nitrogen and oxygen atoms in total. The van der Waals surface area contributed by atoms with E-state index in [1.54, 1.807) is 6.20 Å². The molecular weight excluding hydrogens is 256 g/mol. The van der Waals surface area contributed by atoms with Gasteiger partial charge in [0.2, 0.25) is 0 Å². The molecule has 1 aromatic heterocycles. The Morgan fingerprint density at radius 2 is 2.05 bits per heavy atom. The molecule has 0 aliphatic rings. The molecule has 0 spiro atoms. The minimum atomic E-state index is -0.201. The summed E-state index contributed by atoms with van der Waals surface area (Å²) in [7, 11) is 0. The highest BCUT2D eigenvalue weighted by atomic mass is 16.5. The fraction of sp³-hybridized carbons (Fsp3) is 0.643. The van der Waals surface area contributed by atoms with E-state index in [0.717, 1.165) is 32.4 Å². The number of anilines is 1. The van der Waals surface area contributed by atoms with Crippen LogP contribution in [-0.2, 0) is 4.74 Å². The normalized spacial score (nSPS) is 10.3. The maximum absolute atomic E-state index is 11.9. The largest absolute Gasteiger partial charge is 0.381 e. The van der Waals surface area contributed by atoms with Crippen molar-refractivity contribution in [3.8, 4) is 0 Å².